The Bertz CT molecular complexity index is 757. The highest BCUT2D eigenvalue weighted by atomic mass is 16.5. The monoisotopic (exact) mass is 308 g/mol. The summed E-state index contributed by atoms with van der Waals surface area (Å²) in [5.41, 5.74) is 1.64. The van der Waals surface area contributed by atoms with Crippen molar-refractivity contribution in [2.45, 2.75) is 6.42 Å². The van der Waals surface area contributed by atoms with Gasteiger partial charge in [0.15, 0.2) is 0 Å². The van der Waals surface area contributed by atoms with E-state index in [-0.39, 0.29) is 6.03 Å². The van der Waals surface area contributed by atoms with Crippen LogP contribution in [0.4, 0.5) is 10.5 Å². The molecular formula is C17H16N4O2. The van der Waals surface area contributed by atoms with Crippen molar-refractivity contribution >= 4 is 11.7 Å². The van der Waals surface area contributed by atoms with Gasteiger partial charge in [0.1, 0.15) is 0 Å². The summed E-state index contributed by atoms with van der Waals surface area (Å²) >= 11 is 0. The fraction of sp³-hybridized carbons (Fsp3) is 0.118. The highest BCUT2D eigenvalue weighted by Gasteiger charge is 2.08. The highest BCUT2D eigenvalue weighted by molar-refractivity contribution is 5.89. The van der Waals surface area contributed by atoms with Gasteiger partial charge in [0.25, 0.3) is 0 Å². The van der Waals surface area contributed by atoms with E-state index in [1.165, 1.54) is 0 Å². The van der Waals surface area contributed by atoms with E-state index in [2.05, 4.69) is 20.8 Å². The Labute approximate surface area is 133 Å². The lowest BCUT2D eigenvalue weighted by Crippen LogP contribution is -2.30. The average Bonchev–Trinajstić information content (AvgIpc) is 3.05. The first-order valence-electron chi connectivity index (χ1n) is 7.29. The third kappa shape index (κ3) is 4.16. The molecule has 0 atom stereocenters. The number of nitrogens with zero attached hydrogens (tertiary/aromatic N) is 2. The Hall–Kier alpha value is -3.15. The number of hydrogen-bond acceptors (Lipinski definition) is 4. The van der Waals surface area contributed by atoms with Crippen LogP contribution in [0.2, 0.25) is 0 Å². The summed E-state index contributed by atoms with van der Waals surface area (Å²) in [6.07, 6.45) is 0.474. The average molecular weight is 308 g/mol. The van der Waals surface area contributed by atoms with E-state index in [0.717, 1.165) is 11.3 Å². The van der Waals surface area contributed by atoms with Crippen molar-refractivity contribution in [3.05, 3.63) is 66.6 Å². The molecule has 0 aliphatic rings. The molecule has 3 aromatic rings. The summed E-state index contributed by atoms with van der Waals surface area (Å²) < 4.78 is 5.19. The molecule has 0 saturated carbocycles. The Morgan fingerprint density at radius 3 is 2.43 bits per heavy atom. The lowest BCUT2D eigenvalue weighted by molar-refractivity contribution is 0.252. The molecule has 0 spiro atoms. The molecule has 0 aliphatic heterocycles. The molecule has 0 saturated heterocycles. The molecule has 0 bridgehead atoms. The normalized spacial score (nSPS) is 10.3. The molecule has 0 radical (unpaired) electrons. The second kappa shape index (κ2) is 7.22. The summed E-state index contributed by atoms with van der Waals surface area (Å²) in [5.74, 6) is 1.04. The van der Waals surface area contributed by atoms with Gasteiger partial charge < -0.3 is 15.2 Å². The lowest BCUT2D eigenvalue weighted by Gasteiger charge is -2.05. The van der Waals surface area contributed by atoms with Crippen LogP contribution < -0.4 is 10.6 Å². The van der Waals surface area contributed by atoms with E-state index in [4.69, 9.17) is 4.52 Å². The van der Waals surface area contributed by atoms with Gasteiger partial charge in [-0.05, 0) is 12.1 Å². The van der Waals surface area contributed by atoms with Crippen molar-refractivity contribution < 1.29 is 9.32 Å². The number of rotatable bonds is 5. The summed E-state index contributed by atoms with van der Waals surface area (Å²) in [6, 6.07) is 18.6. The zero-order chi connectivity index (χ0) is 15.9. The molecule has 1 aromatic heterocycles. The minimum Gasteiger partial charge on any atom is -0.339 e. The predicted octanol–water partition coefficient (Wildman–Crippen LogP) is 3.10. The fourth-order valence-electron chi connectivity index (χ4n) is 2.04. The van der Waals surface area contributed by atoms with Crippen LogP contribution in [0, 0.1) is 0 Å². The minimum atomic E-state index is -0.265. The zero-order valence-corrected chi connectivity index (χ0v) is 12.4. The molecule has 0 aliphatic carbocycles. The van der Waals surface area contributed by atoms with Crippen LogP contribution in [-0.4, -0.2) is 22.7 Å². The summed E-state index contributed by atoms with van der Waals surface area (Å²) in [5, 5.41) is 9.43. The van der Waals surface area contributed by atoms with E-state index in [1.807, 2.05) is 60.7 Å². The first kappa shape index (κ1) is 14.8. The Morgan fingerprint density at radius 1 is 1.00 bits per heavy atom. The molecule has 23 heavy (non-hydrogen) atoms. The number of amides is 2. The maximum absolute atomic E-state index is 11.7. The fourth-order valence-corrected chi connectivity index (χ4v) is 2.04. The van der Waals surface area contributed by atoms with Crippen LogP contribution in [0.1, 0.15) is 5.89 Å². The van der Waals surface area contributed by atoms with Gasteiger partial charge in [-0.25, -0.2) is 4.79 Å². The van der Waals surface area contributed by atoms with Crippen molar-refractivity contribution in [1.82, 2.24) is 15.5 Å². The number of aromatic nitrogens is 2. The van der Waals surface area contributed by atoms with E-state index in [9.17, 15) is 4.79 Å². The number of urea groups is 1. The van der Waals surface area contributed by atoms with Gasteiger partial charge in [-0.1, -0.05) is 53.7 Å². The van der Waals surface area contributed by atoms with Crippen molar-refractivity contribution in [3.8, 4) is 11.4 Å². The van der Waals surface area contributed by atoms with Crippen LogP contribution >= 0.6 is 0 Å². The van der Waals surface area contributed by atoms with Crippen molar-refractivity contribution in [1.29, 1.82) is 0 Å². The molecular weight excluding hydrogens is 292 g/mol. The molecule has 2 N–H and O–H groups in total. The smallest absolute Gasteiger partial charge is 0.319 e. The topological polar surface area (TPSA) is 80.1 Å². The van der Waals surface area contributed by atoms with Crippen LogP contribution in [0.3, 0.4) is 0 Å². The molecule has 0 unspecified atom stereocenters. The predicted molar refractivity (Wildman–Crippen MR) is 86.9 cm³/mol. The number of hydrogen-bond donors (Lipinski definition) is 2. The van der Waals surface area contributed by atoms with Crippen LogP contribution in [0.5, 0.6) is 0 Å². The molecule has 0 fully saturated rings. The molecule has 2 amide bonds. The van der Waals surface area contributed by atoms with Gasteiger partial charge in [-0.2, -0.15) is 4.98 Å². The minimum absolute atomic E-state index is 0.265. The number of benzene rings is 2. The van der Waals surface area contributed by atoms with E-state index >= 15 is 0 Å². The molecule has 6 heteroatoms. The van der Waals surface area contributed by atoms with E-state index in [0.29, 0.717) is 24.7 Å². The number of nitrogens with one attached hydrogen (secondary N) is 2. The lowest BCUT2D eigenvalue weighted by atomic mass is 10.2. The Kier molecular flexibility index (Phi) is 4.63. The second-order valence-electron chi connectivity index (χ2n) is 4.87. The summed E-state index contributed by atoms with van der Waals surface area (Å²) in [7, 11) is 0. The van der Waals surface area contributed by atoms with E-state index in [1.54, 1.807) is 0 Å². The van der Waals surface area contributed by atoms with Crippen LogP contribution in [-0.2, 0) is 6.42 Å². The highest BCUT2D eigenvalue weighted by Crippen LogP contribution is 2.14. The van der Waals surface area contributed by atoms with Gasteiger partial charge in [0.2, 0.25) is 11.7 Å². The molecule has 1 heterocycles. The number of carbonyl (C=O) groups excluding carboxylic acids is 1. The maximum atomic E-state index is 11.7. The second-order valence-corrected chi connectivity index (χ2v) is 4.87. The van der Waals surface area contributed by atoms with Gasteiger partial charge in [0, 0.05) is 24.2 Å². The third-order valence-corrected chi connectivity index (χ3v) is 3.16. The SMILES string of the molecule is O=C(NCCc1nc(-c2ccccc2)no1)Nc1ccccc1. The largest absolute Gasteiger partial charge is 0.339 e. The molecule has 2 aromatic carbocycles. The van der Waals surface area contributed by atoms with Gasteiger partial charge in [-0.3, -0.25) is 0 Å². The standard InChI is InChI=1S/C17H16N4O2/c22-17(19-14-9-5-2-6-10-14)18-12-11-15-20-16(21-23-15)13-7-3-1-4-8-13/h1-10H,11-12H2,(H2,18,19,22). The summed E-state index contributed by atoms with van der Waals surface area (Å²) in [6.45, 7) is 0.412. The first-order chi connectivity index (χ1) is 11.3. The maximum Gasteiger partial charge on any atom is 0.319 e. The quantitative estimate of drug-likeness (QED) is 0.759. The summed E-state index contributed by atoms with van der Waals surface area (Å²) in [4.78, 5) is 16.1. The Balaban J connectivity index is 1.48. The van der Waals surface area contributed by atoms with Crippen molar-refractivity contribution in [3.63, 3.8) is 0 Å². The first-order valence-corrected chi connectivity index (χ1v) is 7.29. The van der Waals surface area contributed by atoms with Gasteiger partial charge in [-0.15, -0.1) is 0 Å². The van der Waals surface area contributed by atoms with Gasteiger partial charge >= 0.3 is 6.03 Å². The molecule has 116 valence electrons. The molecule has 3 rings (SSSR count). The number of carbonyl (C=O) groups is 1. The van der Waals surface area contributed by atoms with Gasteiger partial charge in [0.05, 0.1) is 0 Å². The van der Waals surface area contributed by atoms with Crippen LogP contribution in [0.25, 0.3) is 11.4 Å². The Morgan fingerprint density at radius 2 is 1.70 bits per heavy atom. The zero-order valence-electron chi connectivity index (χ0n) is 12.4. The third-order valence-electron chi connectivity index (χ3n) is 3.16. The number of anilines is 1. The van der Waals surface area contributed by atoms with Crippen LogP contribution in [0.15, 0.2) is 65.2 Å². The molecule has 6 nitrogen and oxygen atoms in total. The van der Waals surface area contributed by atoms with E-state index < -0.39 is 0 Å². The van der Waals surface area contributed by atoms with Crippen molar-refractivity contribution in [2.75, 3.05) is 11.9 Å². The van der Waals surface area contributed by atoms with Crippen molar-refractivity contribution in [2.24, 2.45) is 0 Å². The number of para-hydroxylation sites is 1.